The van der Waals surface area contributed by atoms with Crippen LogP contribution >= 0.6 is 0 Å². The van der Waals surface area contributed by atoms with Gasteiger partial charge in [-0.1, -0.05) is 54.6 Å². The van der Waals surface area contributed by atoms with Gasteiger partial charge in [0.05, 0.1) is 19.4 Å². The predicted molar refractivity (Wildman–Crippen MR) is 151 cm³/mol. The number of aromatic hydroxyl groups is 1. The van der Waals surface area contributed by atoms with Crippen molar-refractivity contribution in [1.29, 1.82) is 0 Å². The number of likely N-dealkylation sites (N-methyl/N-ethyl adjacent to an activating group) is 1. The molecule has 10 nitrogen and oxygen atoms in total. The van der Waals surface area contributed by atoms with Crippen LogP contribution in [0.5, 0.6) is 5.75 Å². The molecule has 4 aromatic rings. The van der Waals surface area contributed by atoms with Gasteiger partial charge < -0.3 is 24.6 Å². The largest absolute Gasteiger partial charge is 0.508 e. The number of hydrogen-bond donors (Lipinski definition) is 2. The van der Waals surface area contributed by atoms with E-state index in [9.17, 15) is 19.5 Å². The number of amides is 4. The highest BCUT2D eigenvalue weighted by molar-refractivity contribution is 5.92. The number of nitrogens with zero attached hydrogens (tertiary/aromatic N) is 4. The lowest BCUT2D eigenvalue weighted by molar-refractivity contribution is -0.187. The summed E-state index contributed by atoms with van der Waals surface area (Å²) < 4.78 is 5.57. The van der Waals surface area contributed by atoms with Gasteiger partial charge in [0.15, 0.2) is 0 Å². The fourth-order valence-corrected chi connectivity index (χ4v) is 5.76. The Morgan fingerprint density at radius 3 is 2.54 bits per heavy atom. The van der Waals surface area contributed by atoms with Crippen molar-refractivity contribution in [2.45, 2.75) is 31.7 Å². The van der Waals surface area contributed by atoms with Crippen LogP contribution in [0.3, 0.4) is 0 Å². The molecule has 4 amide bonds. The fraction of sp³-hybridized carbons (Fsp3) is 0.258. The molecular formula is C31H31N5O5. The summed E-state index contributed by atoms with van der Waals surface area (Å²) in [6.45, 7) is 0.729. The van der Waals surface area contributed by atoms with Crippen molar-refractivity contribution >= 4 is 28.8 Å². The Labute approximate surface area is 237 Å². The summed E-state index contributed by atoms with van der Waals surface area (Å²) in [4.78, 5) is 44.5. The maximum Gasteiger partial charge on any atom is 0.334 e. The first-order valence-electron chi connectivity index (χ1n) is 13.5. The van der Waals surface area contributed by atoms with Gasteiger partial charge in [-0.3, -0.25) is 9.59 Å². The van der Waals surface area contributed by atoms with Gasteiger partial charge in [0.1, 0.15) is 23.5 Å². The fourth-order valence-electron chi connectivity index (χ4n) is 5.76. The van der Waals surface area contributed by atoms with Crippen LogP contribution in [0, 0.1) is 0 Å². The third-order valence-corrected chi connectivity index (χ3v) is 7.75. The molecule has 2 N–H and O–H groups in total. The van der Waals surface area contributed by atoms with E-state index >= 15 is 0 Å². The second-order valence-corrected chi connectivity index (χ2v) is 10.4. The van der Waals surface area contributed by atoms with E-state index < -0.39 is 12.2 Å². The normalized spacial score (nSPS) is 19.5. The van der Waals surface area contributed by atoms with E-state index in [4.69, 9.17) is 4.42 Å². The van der Waals surface area contributed by atoms with Crippen molar-refractivity contribution in [1.82, 2.24) is 25.1 Å². The quantitative estimate of drug-likeness (QED) is 0.379. The van der Waals surface area contributed by atoms with Gasteiger partial charge in [-0.15, -0.1) is 0 Å². The van der Waals surface area contributed by atoms with Crippen molar-refractivity contribution in [3.63, 3.8) is 0 Å². The summed E-state index contributed by atoms with van der Waals surface area (Å²) in [6.07, 6.45) is 1.16. The van der Waals surface area contributed by atoms with Gasteiger partial charge in [-0.05, 0) is 41.0 Å². The van der Waals surface area contributed by atoms with Crippen LogP contribution in [0.15, 0.2) is 89.5 Å². The number of rotatable bonds is 6. The lowest BCUT2D eigenvalue weighted by Gasteiger charge is -2.54. The third kappa shape index (κ3) is 5.21. The molecule has 2 aliphatic heterocycles. The van der Waals surface area contributed by atoms with E-state index in [-0.39, 0.29) is 43.1 Å². The summed E-state index contributed by atoms with van der Waals surface area (Å²) >= 11 is 0. The van der Waals surface area contributed by atoms with Crippen LogP contribution in [0.2, 0.25) is 0 Å². The highest BCUT2D eigenvalue weighted by Gasteiger charge is 2.50. The van der Waals surface area contributed by atoms with Crippen molar-refractivity contribution in [3.05, 3.63) is 102 Å². The van der Waals surface area contributed by atoms with Gasteiger partial charge in [0.25, 0.3) is 0 Å². The molecule has 0 saturated carbocycles. The lowest BCUT2D eigenvalue weighted by atomic mass is 9.98. The minimum absolute atomic E-state index is 0.0387. The second-order valence-electron chi connectivity index (χ2n) is 10.4. The maximum absolute atomic E-state index is 14.1. The van der Waals surface area contributed by atoms with Gasteiger partial charge in [0, 0.05) is 31.9 Å². The van der Waals surface area contributed by atoms with Crippen LogP contribution in [0.1, 0.15) is 16.7 Å². The van der Waals surface area contributed by atoms with Crippen molar-refractivity contribution in [2.75, 3.05) is 20.1 Å². The Kier molecular flexibility index (Phi) is 7.07. The number of nitrogens with one attached hydrogen (secondary N) is 1. The molecule has 210 valence electrons. The molecule has 3 heterocycles. The zero-order valence-electron chi connectivity index (χ0n) is 22.6. The first-order chi connectivity index (χ1) is 19.9. The molecule has 41 heavy (non-hydrogen) atoms. The highest BCUT2D eigenvalue weighted by atomic mass is 16.3. The SMILES string of the molecule is CN1CC(=O)N2[C@@H](Cc3ccc(O)cc3)C(=O)N(Cc3cccc4occc34)C[C@@H]2N1C(=O)NCc1ccccc1. The van der Waals surface area contributed by atoms with Crippen molar-refractivity contribution in [3.8, 4) is 5.75 Å². The molecule has 2 saturated heterocycles. The zero-order chi connectivity index (χ0) is 28.5. The number of fused-ring (bicyclic) bond motifs is 2. The summed E-state index contributed by atoms with van der Waals surface area (Å²) in [5.41, 5.74) is 3.39. The summed E-state index contributed by atoms with van der Waals surface area (Å²) in [6, 6.07) is 22.6. The lowest BCUT2D eigenvalue weighted by Crippen LogP contribution is -2.76. The Hall–Kier alpha value is -4.83. The number of carbonyl (C=O) groups excluding carboxylic acids is 3. The van der Waals surface area contributed by atoms with E-state index in [2.05, 4.69) is 5.32 Å². The minimum Gasteiger partial charge on any atom is -0.508 e. The maximum atomic E-state index is 14.1. The Bertz CT molecular complexity index is 1570. The highest BCUT2D eigenvalue weighted by Crippen LogP contribution is 2.30. The van der Waals surface area contributed by atoms with Crippen molar-refractivity contribution < 1.29 is 23.9 Å². The second kappa shape index (κ2) is 11.0. The topological polar surface area (TPSA) is 110 Å². The van der Waals surface area contributed by atoms with Crippen LogP contribution in [-0.2, 0) is 29.1 Å². The van der Waals surface area contributed by atoms with Crippen LogP contribution in [0.4, 0.5) is 4.79 Å². The number of phenolic OH excluding ortho intramolecular Hbond substituents is 1. The smallest absolute Gasteiger partial charge is 0.334 e. The number of urea groups is 1. The molecule has 0 spiro atoms. The summed E-state index contributed by atoms with van der Waals surface area (Å²) in [7, 11) is 1.71. The number of benzene rings is 3. The van der Waals surface area contributed by atoms with Crippen LogP contribution < -0.4 is 5.32 Å². The molecule has 3 aromatic carbocycles. The molecular weight excluding hydrogens is 522 g/mol. The monoisotopic (exact) mass is 553 g/mol. The molecule has 2 aliphatic rings. The van der Waals surface area contributed by atoms with Crippen molar-refractivity contribution in [2.24, 2.45) is 0 Å². The molecule has 0 unspecified atom stereocenters. The first-order valence-corrected chi connectivity index (χ1v) is 13.5. The average molecular weight is 554 g/mol. The number of carbonyl (C=O) groups is 3. The average Bonchev–Trinajstić information content (AvgIpc) is 3.46. The van der Waals surface area contributed by atoms with E-state index in [1.54, 1.807) is 57.4 Å². The zero-order valence-corrected chi connectivity index (χ0v) is 22.6. The number of piperazine rings is 1. The molecule has 2 fully saturated rings. The molecule has 0 aliphatic carbocycles. The molecule has 10 heteroatoms. The van der Waals surface area contributed by atoms with Crippen LogP contribution in [0.25, 0.3) is 11.0 Å². The summed E-state index contributed by atoms with van der Waals surface area (Å²) in [5.74, 6) is -0.302. The van der Waals surface area contributed by atoms with E-state index in [1.807, 2.05) is 54.6 Å². The Morgan fingerprint density at radius 1 is 0.976 bits per heavy atom. The number of hydrogen-bond acceptors (Lipinski definition) is 6. The Morgan fingerprint density at radius 2 is 1.76 bits per heavy atom. The minimum atomic E-state index is -0.826. The van der Waals surface area contributed by atoms with Gasteiger partial charge >= 0.3 is 6.03 Å². The van der Waals surface area contributed by atoms with Gasteiger partial charge in [-0.25, -0.2) is 14.8 Å². The Balaban J connectivity index is 1.33. The molecule has 0 bridgehead atoms. The standard InChI is InChI=1S/C31H31N5O5/c1-33-20-29(38)35-26(16-21-10-12-24(37)13-11-21)30(39)34(18-23-8-5-9-27-25(23)14-15-41-27)19-28(35)36(33)31(40)32-17-22-6-3-2-4-7-22/h2-15,26,28,37H,16-20H2,1H3,(H,32,40)/t26-,28-/m0/s1. The van der Waals surface area contributed by atoms with E-state index in [0.29, 0.717) is 13.1 Å². The first kappa shape index (κ1) is 26.4. The number of furan rings is 1. The number of phenols is 1. The summed E-state index contributed by atoms with van der Waals surface area (Å²) in [5, 5.41) is 16.8. The van der Waals surface area contributed by atoms with Gasteiger partial charge in [-0.2, -0.15) is 0 Å². The number of hydrazine groups is 1. The molecule has 6 rings (SSSR count). The van der Waals surface area contributed by atoms with Gasteiger partial charge in [0.2, 0.25) is 11.8 Å². The van der Waals surface area contributed by atoms with Crippen LogP contribution in [-0.4, -0.2) is 75.1 Å². The predicted octanol–water partition coefficient (Wildman–Crippen LogP) is 3.32. The van der Waals surface area contributed by atoms with E-state index in [0.717, 1.165) is 27.7 Å². The third-order valence-electron chi connectivity index (χ3n) is 7.75. The molecule has 1 aromatic heterocycles. The molecule has 0 radical (unpaired) electrons. The van der Waals surface area contributed by atoms with E-state index in [1.165, 1.54) is 0 Å². The molecule has 2 atom stereocenters.